The zero-order valence-corrected chi connectivity index (χ0v) is 22.4. The number of nitrogens with one attached hydrogen (secondary N) is 1. The van der Waals surface area contributed by atoms with Gasteiger partial charge in [-0.05, 0) is 79.3 Å². The van der Waals surface area contributed by atoms with Crippen molar-refractivity contribution in [3.63, 3.8) is 0 Å². The average molecular weight is 507 g/mol. The SMILES string of the molecule is Cc1ccc2[nH]c(=O)c([C@H](c3nnnn3C(C)(C)C)N(CCc3ccccc3)Cc3ccccc3)cc2c1. The lowest BCUT2D eigenvalue weighted by molar-refractivity contribution is 0.195. The number of aromatic nitrogens is 5. The second kappa shape index (κ2) is 10.7. The molecule has 1 atom stereocenters. The van der Waals surface area contributed by atoms with E-state index in [4.69, 9.17) is 0 Å². The first-order chi connectivity index (χ1) is 18.3. The summed E-state index contributed by atoms with van der Waals surface area (Å²) >= 11 is 0. The van der Waals surface area contributed by atoms with E-state index in [1.54, 1.807) is 0 Å². The van der Waals surface area contributed by atoms with Crippen LogP contribution in [0.2, 0.25) is 0 Å². The average Bonchev–Trinajstić information content (AvgIpc) is 3.39. The lowest BCUT2D eigenvalue weighted by Crippen LogP contribution is -2.38. The van der Waals surface area contributed by atoms with E-state index >= 15 is 0 Å². The highest BCUT2D eigenvalue weighted by molar-refractivity contribution is 5.79. The minimum Gasteiger partial charge on any atom is -0.322 e. The van der Waals surface area contributed by atoms with Crippen LogP contribution in [0.1, 0.15) is 54.9 Å². The molecule has 7 heteroatoms. The van der Waals surface area contributed by atoms with Gasteiger partial charge in [0, 0.05) is 24.2 Å². The highest BCUT2D eigenvalue weighted by Crippen LogP contribution is 2.31. The van der Waals surface area contributed by atoms with Crippen molar-refractivity contribution in [3.05, 3.63) is 123 Å². The van der Waals surface area contributed by atoms with Gasteiger partial charge in [0.2, 0.25) is 0 Å². The van der Waals surface area contributed by atoms with Gasteiger partial charge in [-0.3, -0.25) is 9.69 Å². The van der Waals surface area contributed by atoms with Gasteiger partial charge in [0.1, 0.15) is 6.04 Å². The smallest absolute Gasteiger partial charge is 0.253 e. The number of fused-ring (bicyclic) bond motifs is 1. The summed E-state index contributed by atoms with van der Waals surface area (Å²) in [4.78, 5) is 19.1. The van der Waals surface area contributed by atoms with E-state index in [1.807, 2.05) is 47.1 Å². The number of hydrogen-bond donors (Lipinski definition) is 1. The maximum atomic E-state index is 13.7. The summed E-state index contributed by atoms with van der Waals surface area (Å²) in [6.45, 7) is 9.63. The minimum atomic E-state index is -0.457. The van der Waals surface area contributed by atoms with Crippen LogP contribution in [0, 0.1) is 6.92 Å². The lowest BCUT2D eigenvalue weighted by atomic mass is 9.99. The first kappa shape index (κ1) is 25.5. The molecule has 7 nitrogen and oxygen atoms in total. The van der Waals surface area contributed by atoms with Crippen LogP contribution in [-0.4, -0.2) is 36.6 Å². The molecule has 0 amide bonds. The second-order valence-corrected chi connectivity index (χ2v) is 10.9. The first-order valence-electron chi connectivity index (χ1n) is 13.0. The molecule has 0 aliphatic rings. The molecule has 2 heterocycles. The van der Waals surface area contributed by atoms with Crippen molar-refractivity contribution >= 4 is 10.9 Å². The van der Waals surface area contributed by atoms with Crippen LogP contribution in [0.5, 0.6) is 0 Å². The highest BCUT2D eigenvalue weighted by atomic mass is 16.1. The fourth-order valence-corrected chi connectivity index (χ4v) is 4.92. The third kappa shape index (κ3) is 5.58. The number of aryl methyl sites for hydroxylation is 1. The van der Waals surface area contributed by atoms with Crippen LogP contribution in [-0.2, 0) is 18.5 Å². The molecule has 0 fully saturated rings. The molecule has 0 bridgehead atoms. The molecule has 5 rings (SSSR count). The number of hydrogen-bond acceptors (Lipinski definition) is 5. The zero-order chi connectivity index (χ0) is 26.7. The van der Waals surface area contributed by atoms with Crippen molar-refractivity contribution in [2.75, 3.05) is 6.54 Å². The fourth-order valence-electron chi connectivity index (χ4n) is 4.92. The summed E-state index contributed by atoms with van der Waals surface area (Å²) in [6.07, 6.45) is 0.825. The Morgan fingerprint density at radius 3 is 2.29 bits per heavy atom. The Kier molecular flexibility index (Phi) is 7.20. The molecule has 3 aromatic carbocycles. The van der Waals surface area contributed by atoms with E-state index in [2.05, 4.69) is 95.6 Å². The van der Waals surface area contributed by atoms with Crippen molar-refractivity contribution in [3.8, 4) is 0 Å². The van der Waals surface area contributed by atoms with Crippen molar-refractivity contribution in [2.45, 2.75) is 52.2 Å². The van der Waals surface area contributed by atoms with Crippen LogP contribution in [0.25, 0.3) is 10.9 Å². The van der Waals surface area contributed by atoms with Crippen LogP contribution < -0.4 is 5.56 Å². The highest BCUT2D eigenvalue weighted by Gasteiger charge is 2.33. The molecule has 0 aliphatic carbocycles. The Morgan fingerprint density at radius 2 is 1.61 bits per heavy atom. The summed E-state index contributed by atoms with van der Waals surface area (Å²) < 4.78 is 1.85. The van der Waals surface area contributed by atoms with Crippen molar-refractivity contribution < 1.29 is 0 Å². The maximum Gasteiger partial charge on any atom is 0.253 e. The fraction of sp³-hybridized carbons (Fsp3) is 0.290. The standard InChI is InChI=1S/C31H34N6O/c1-22-15-16-27-25(19-22)20-26(30(38)32-27)28(29-33-34-35-37(29)31(2,3)4)36(21-24-13-9-6-10-14-24)18-17-23-11-7-5-8-12-23/h5-16,19-20,28H,17-18,21H2,1-4H3,(H,32,38)/t28-/m1/s1. The van der Waals surface area contributed by atoms with Crippen molar-refractivity contribution in [1.29, 1.82) is 0 Å². The minimum absolute atomic E-state index is 0.132. The van der Waals surface area contributed by atoms with Gasteiger partial charge in [-0.15, -0.1) is 5.10 Å². The normalized spacial score (nSPS) is 12.8. The number of rotatable bonds is 8. The summed E-state index contributed by atoms with van der Waals surface area (Å²) in [5.74, 6) is 0.652. The number of tetrazole rings is 1. The number of H-pyrrole nitrogens is 1. The Balaban J connectivity index is 1.68. The predicted molar refractivity (Wildman–Crippen MR) is 151 cm³/mol. The molecule has 0 saturated heterocycles. The van der Waals surface area contributed by atoms with E-state index in [-0.39, 0.29) is 11.1 Å². The molecule has 0 spiro atoms. The second-order valence-electron chi connectivity index (χ2n) is 10.9. The van der Waals surface area contributed by atoms with E-state index < -0.39 is 6.04 Å². The monoisotopic (exact) mass is 506 g/mol. The quantitative estimate of drug-likeness (QED) is 0.304. The van der Waals surface area contributed by atoms with Gasteiger partial charge in [0.15, 0.2) is 5.82 Å². The maximum absolute atomic E-state index is 13.7. The number of pyridine rings is 1. The Bertz CT molecular complexity index is 1570. The van der Waals surface area contributed by atoms with Crippen molar-refractivity contribution in [1.82, 2.24) is 30.1 Å². The van der Waals surface area contributed by atoms with Gasteiger partial charge >= 0.3 is 0 Å². The lowest BCUT2D eigenvalue weighted by Gasteiger charge is -2.33. The predicted octanol–water partition coefficient (Wildman–Crippen LogP) is 5.41. The number of nitrogens with zero attached hydrogens (tertiary/aromatic N) is 5. The first-order valence-corrected chi connectivity index (χ1v) is 13.0. The van der Waals surface area contributed by atoms with Gasteiger partial charge in [-0.2, -0.15) is 0 Å². The third-order valence-corrected chi connectivity index (χ3v) is 6.82. The van der Waals surface area contributed by atoms with Gasteiger partial charge in [0.05, 0.1) is 5.54 Å². The molecule has 2 aromatic heterocycles. The molecular formula is C31H34N6O. The molecule has 0 radical (unpaired) electrons. The van der Waals surface area contributed by atoms with Gasteiger partial charge < -0.3 is 4.98 Å². The van der Waals surface area contributed by atoms with E-state index in [0.29, 0.717) is 24.5 Å². The summed E-state index contributed by atoms with van der Waals surface area (Å²) in [7, 11) is 0. The third-order valence-electron chi connectivity index (χ3n) is 6.82. The van der Waals surface area contributed by atoms with E-state index in [9.17, 15) is 4.79 Å². The molecule has 5 aromatic rings. The Morgan fingerprint density at radius 1 is 0.921 bits per heavy atom. The van der Waals surface area contributed by atoms with Crippen LogP contribution >= 0.6 is 0 Å². The molecule has 0 aliphatic heterocycles. The molecule has 0 unspecified atom stereocenters. The van der Waals surface area contributed by atoms with E-state index in [0.717, 1.165) is 28.5 Å². The van der Waals surface area contributed by atoms with Crippen molar-refractivity contribution in [2.24, 2.45) is 0 Å². The van der Waals surface area contributed by atoms with Gasteiger partial charge in [-0.1, -0.05) is 72.3 Å². The molecular weight excluding hydrogens is 472 g/mol. The molecule has 194 valence electrons. The Labute approximate surface area is 223 Å². The molecule has 1 N–H and O–H groups in total. The van der Waals surface area contributed by atoms with Gasteiger partial charge in [-0.25, -0.2) is 4.68 Å². The van der Waals surface area contributed by atoms with Gasteiger partial charge in [0.25, 0.3) is 5.56 Å². The van der Waals surface area contributed by atoms with Crippen LogP contribution in [0.15, 0.2) is 89.7 Å². The summed E-state index contributed by atoms with van der Waals surface area (Å²) in [5, 5.41) is 13.9. The number of benzene rings is 3. The zero-order valence-electron chi connectivity index (χ0n) is 22.4. The Hall–Kier alpha value is -4.10. The van der Waals surface area contributed by atoms with E-state index in [1.165, 1.54) is 5.56 Å². The topological polar surface area (TPSA) is 79.7 Å². The largest absolute Gasteiger partial charge is 0.322 e. The molecule has 38 heavy (non-hydrogen) atoms. The summed E-state index contributed by atoms with van der Waals surface area (Å²) in [5.41, 5.74) is 4.49. The van der Waals surface area contributed by atoms with Crippen LogP contribution in [0.3, 0.4) is 0 Å². The van der Waals surface area contributed by atoms with Crippen LogP contribution in [0.4, 0.5) is 0 Å². The number of aromatic amines is 1. The molecule has 0 saturated carbocycles. The summed E-state index contributed by atoms with van der Waals surface area (Å²) in [6, 6.07) is 28.4.